The van der Waals surface area contributed by atoms with Gasteiger partial charge in [0.2, 0.25) is 5.91 Å². The summed E-state index contributed by atoms with van der Waals surface area (Å²) in [5.41, 5.74) is 10.7. The number of primary amides is 1. The molecule has 4 rings (SSSR count). The van der Waals surface area contributed by atoms with Crippen LogP contribution in [0.25, 0.3) is 10.9 Å². The zero-order valence-electron chi connectivity index (χ0n) is 14.7. The summed E-state index contributed by atoms with van der Waals surface area (Å²) in [6.07, 6.45) is 2.64. The molecule has 2 aliphatic rings. The van der Waals surface area contributed by atoms with Crippen LogP contribution in [0.15, 0.2) is 18.2 Å². The number of benzene rings is 1. The second kappa shape index (κ2) is 5.89. The molecule has 130 valence electrons. The Morgan fingerprint density at radius 2 is 2.32 bits per heavy atom. The average molecular weight is 336 g/mol. The third-order valence-corrected chi connectivity index (χ3v) is 6.22. The Morgan fingerprint density at radius 3 is 3.04 bits per heavy atom. The maximum atomic E-state index is 11.5. The molecule has 4 atom stereocenters. The maximum absolute atomic E-state index is 11.5. The van der Waals surface area contributed by atoms with Crippen LogP contribution < -0.4 is 5.73 Å². The van der Waals surface area contributed by atoms with Crippen LogP contribution in [-0.4, -0.2) is 35.4 Å². The van der Waals surface area contributed by atoms with Crippen LogP contribution in [0, 0.1) is 30.1 Å². The summed E-state index contributed by atoms with van der Waals surface area (Å²) in [7, 11) is 2.17. The highest BCUT2D eigenvalue weighted by Gasteiger charge is 2.40. The van der Waals surface area contributed by atoms with Gasteiger partial charge in [0.15, 0.2) is 0 Å². The van der Waals surface area contributed by atoms with Crippen molar-refractivity contribution in [1.29, 1.82) is 5.26 Å². The zero-order chi connectivity index (χ0) is 17.7. The Hall–Kier alpha value is -2.32. The first kappa shape index (κ1) is 16.2. The number of nitrogens with one attached hydrogen (secondary N) is 1. The summed E-state index contributed by atoms with van der Waals surface area (Å²) in [6, 6.07) is 9.09. The highest BCUT2D eigenvalue weighted by molar-refractivity contribution is 5.89. The first-order valence-electron chi connectivity index (χ1n) is 8.98. The van der Waals surface area contributed by atoms with Gasteiger partial charge in [-0.15, -0.1) is 0 Å². The fourth-order valence-corrected chi connectivity index (χ4v) is 5.06. The van der Waals surface area contributed by atoms with E-state index in [0.717, 1.165) is 19.4 Å². The second-order valence-electron chi connectivity index (χ2n) is 7.74. The Kier molecular flexibility index (Phi) is 3.81. The molecule has 0 radical (unpaired) electrons. The maximum Gasteiger partial charge on any atom is 0.234 e. The molecular formula is C20H24N4O. The summed E-state index contributed by atoms with van der Waals surface area (Å²) in [4.78, 5) is 17.4. The normalized spacial score (nSPS) is 26.8. The molecule has 5 nitrogen and oxygen atoms in total. The van der Waals surface area contributed by atoms with Crippen molar-refractivity contribution in [3.8, 4) is 6.07 Å². The predicted octanol–water partition coefficient (Wildman–Crippen LogP) is 2.45. The Bertz CT molecular complexity index is 878. The quantitative estimate of drug-likeness (QED) is 0.903. The van der Waals surface area contributed by atoms with Gasteiger partial charge in [0, 0.05) is 35.1 Å². The van der Waals surface area contributed by atoms with E-state index in [-0.39, 0.29) is 0 Å². The minimum absolute atomic E-state index is 0.320. The third kappa shape index (κ3) is 2.52. The summed E-state index contributed by atoms with van der Waals surface area (Å²) >= 11 is 0. The van der Waals surface area contributed by atoms with Crippen LogP contribution in [0.4, 0.5) is 0 Å². The fourth-order valence-electron chi connectivity index (χ4n) is 5.06. The molecule has 2 aromatic rings. The number of piperidine rings is 1. The molecule has 1 amide bonds. The molecule has 1 aromatic heterocycles. The largest absolute Gasteiger partial charge is 0.369 e. The van der Waals surface area contributed by atoms with E-state index in [1.54, 1.807) is 0 Å². The molecule has 1 aliphatic heterocycles. The van der Waals surface area contributed by atoms with E-state index >= 15 is 0 Å². The van der Waals surface area contributed by atoms with Crippen molar-refractivity contribution in [2.24, 2.45) is 17.6 Å². The van der Waals surface area contributed by atoms with Crippen LogP contribution >= 0.6 is 0 Å². The van der Waals surface area contributed by atoms with Gasteiger partial charge in [-0.3, -0.25) is 4.79 Å². The lowest BCUT2D eigenvalue weighted by molar-refractivity contribution is -0.120. The van der Waals surface area contributed by atoms with Crippen LogP contribution in [0.5, 0.6) is 0 Å². The zero-order valence-corrected chi connectivity index (χ0v) is 14.7. The van der Waals surface area contributed by atoms with Crippen LogP contribution in [0.1, 0.15) is 35.6 Å². The number of hydrogen-bond acceptors (Lipinski definition) is 3. The summed E-state index contributed by atoms with van der Waals surface area (Å²) in [6.45, 7) is 3.08. The molecule has 3 N–H and O–H groups in total. The topological polar surface area (TPSA) is 85.9 Å². The number of nitrogens with zero attached hydrogens (tertiary/aromatic N) is 2. The van der Waals surface area contributed by atoms with Crippen molar-refractivity contribution in [2.75, 3.05) is 13.6 Å². The monoisotopic (exact) mass is 336 g/mol. The number of likely N-dealkylation sites (N-methyl/N-ethyl adjacent to an activating group) is 1. The van der Waals surface area contributed by atoms with Crippen molar-refractivity contribution in [2.45, 2.75) is 38.1 Å². The van der Waals surface area contributed by atoms with Gasteiger partial charge in [0.1, 0.15) is 5.92 Å². The number of rotatable bonds is 3. The van der Waals surface area contributed by atoms with Crippen LogP contribution in [0.3, 0.4) is 0 Å². The van der Waals surface area contributed by atoms with E-state index < -0.39 is 11.8 Å². The van der Waals surface area contributed by atoms with Crippen molar-refractivity contribution in [3.05, 3.63) is 35.0 Å². The molecule has 1 aromatic carbocycles. The Balaban J connectivity index is 1.69. The number of H-pyrrole nitrogens is 1. The van der Waals surface area contributed by atoms with Crippen LogP contribution in [-0.2, 0) is 11.2 Å². The van der Waals surface area contributed by atoms with Crippen molar-refractivity contribution < 1.29 is 4.79 Å². The molecule has 2 heterocycles. The lowest BCUT2D eigenvalue weighted by Crippen LogP contribution is -2.48. The van der Waals surface area contributed by atoms with E-state index in [1.165, 1.54) is 27.7 Å². The van der Waals surface area contributed by atoms with E-state index in [9.17, 15) is 10.1 Å². The molecule has 0 spiro atoms. The molecule has 1 aliphatic carbocycles. The molecular weight excluding hydrogens is 312 g/mol. The number of carbonyl (C=O) groups is 1. The van der Waals surface area contributed by atoms with Gasteiger partial charge < -0.3 is 15.6 Å². The minimum atomic E-state index is -0.681. The van der Waals surface area contributed by atoms with Gasteiger partial charge in [0.05, 0.1) is 6.07 Å². The first-order valence-corrected chi connectivity index (χ1v) is 8.98. The van der Waals surface area contributed by atoms with E-state index in [0.29, 0.717) is 24.3 Å². The highest BCUT2D eigenvalue weighted by Crippen LogP contribution is 2.46. The number of aromatic nitrogens is 1. The standard InChI is InChI=1S/C20H24N4O/c1-11-15-8-18-16(14-4-3-5-17(23-11)19(14)15)7-12(10-24(18)2)6-13(9-21)20(22)25/h3-5,12-13,16,18,23H,6-8,10H2,1-2H3,(H2,22,25)/t12?,13?,16-,18-/m1/s1. The minimum Gasteiger partial charge on any atom is -0.369 e. The van der Waals surface area contributed by atoms with Crippen molar-refractivity contribution >= 4 is 16.8 Å². The lowest BCUT2D eigenvalue weighted by Gasteiger charge is -2.46. The van der Waals surface area contributed by atoms with E-state index in [2.05, 4.69) is 48.1 Å². The first-order chi connectivity index (χ1) is 12.0. The number of fused-ring (bicyclic) bond motifs is 2. The van der Waals surface area contributed by atoms with Gasteiger partial charge in [-0.2, -0.15) is 5.26 Å². The van der Waals surface area contributed by atoms with Crippen molar-refractivity contribution in [1.82, 2.24) is 9.88 Å². The molecule has 2 unspecified atom stereocenters. The number of aromatic amines is 1. The molecule has 0 bridgehead atoms. The van der Waals surface area contributed by atoms with Crippen molar-refractivity contribution in [3.63, 3.8) is 0 Å². The number of hydrogen-bond donors (Lipinski definition) is 2. The lowest BCUT2D eigenvalue weighted by atomic mass is 9.71. The van der Waals surface area contributed by atoms with Gasteiger partial charge >= 0.3 is 0 Å². The number of nitrogens with two attached hydrogens (primary N) is 1. The fraction of sp³-hybridized carbons (Fsp3) is 0.500. The molecule has 0 saturated carbocycles. The SMILES string of the molecule is Cc1[nH]c2cccc3c2c1C[C@@H]1[C@@H]3CC(CC(C#N)C(N)=O)CN1C. The Labute approximate surface area is 147 Å². The summed E-state index contributed by atoms with van der Waals surface area (Å²) in [5.74, 6) is -0.413. The van der Waals surface area contributed by atoms with Gasteiger partial charge in [-0.05, 0) is 56.3 Å². The van der Waals surface area contributed by atoms with Crippen LogP contribution in [0.2, 0.25) is 0 Å². The van der Waals surface area contributed by atoms with Gasteiger partial charge in [-0.25, -0.2) is 0 Å². The van der Waals surface area contributed by atoms with E-state index in [4.69, 9.17) is 5.73 Å². The highest BCUT2D eigenvalue weighted by atomic mass is 16.1. The van der Waals surface area contributed by atoms with Gasteiger partial charge in [0.25, 0.3) is 0 Å². The molecule has 5 heteroatoms. The number of aryl methyl sites for hydroxylation is 1. The van der Waals surface area contributed by atoms with Gasteiger partial charge in [-0.1, -0.05) is 12.1 Å². The molecule has 25 heavy (non-hydrogen) atoms. The molecule has 1 saturated heterocycles. The number of amides is 1. The smallest absolute Gasteiger partial charge is 0.234 e. The Morgan fingerprint density at radius 1 is 1.52 bits per heavy atom. The summed E-state index contributed by atoms with van der Waals surface area (Å²) < 4.78 is 0. The number of nitriles is 1. The number of likely N-dealkylation sites (tertiary alicyclic amines) is 1. The predicted molar refractivity (Wildman–Crippen MR) is 96.9 cm³/mol. The third-order valence-electron chi connectivity index (χ3n) is 6.22. The molecule has 1 fully saturated rings. The second-order valence-corrected chi connectivity index (χ2v) is 7.74. The number of carbonyl (C=O) groups excluding carboxylic acids is 1. The average Bonchev–Trinajstić information content (AvgIpc) is 2.90. The summed E-state index contributed by atoms with van der Waals surface area (Å²) in [5, 5.41) is 10.6. The van der Waals surface area contributed by atoms with E-state index in [1.807, 2.05) is 0 Å².